The van der Waals surface area contributed by atoms with Crippen molar-refractivity contribution in [2.75, 3.05) is 17.7 Å². The van der Waals surface area contributed by atoms with E-state index in [9.17, 15) is 0 Å². The first-order valence-corrected chi connectivity index (χ1v) is 8.72. The van der Waals surface area contributed by atoms with Gasteiger partial charge in [0.05, 0.1) is 24.0 Å². The first-order chi connectivity index (χ1) is 12.9. The van der Waals surface area contributed by atoms with E-state index in [1.807, 2.05) is 56.3 Å². The maximum atomic E-state index is 6.00. The average molecular weight is 381 g/mol. The zero-order valence-electron chi connectivity index (χ0n) is 15.3. The first kappa shape index (κ1) is 18.5. The van der Waals surface area contributed by atoms with Gasteiger partial charge in [-0.25, -0.2) is 20.3 Å². The van der Waals surface area contributed by atoms with Gasteiger partial charge in [-0.05, 0) is 62.0 Å². The van der Waals surface area contributed by atoms with Crippen LogP contribution in [0.4, 0.5) is 11.6 Å². The number of guanidine groups is 1. The molecule has 2 aromatic carbocycles. The van der Waals surface area contributed by atoms with E-state index in [1.54, 1.807) is 7.11 Å². The lowest BCUT2D eigenvalue weighted by atomic mass is 10.2. The highest BCUT2D eigenvalue weighted by Gasteiger charge is 2.10. The third-order valence-electron chi connectivity index (χ3n) is 3.86. The van der Waals surface area contributed by atoms with Gasteiger partial charge in [0, 0.05) is 5.39 Å². The summed E-state index contributed by atoms with van der Waals surface area (Å²) in [6.07, 6.45) is 0. The molecule has 0 saturated heterocycles. The van der Waals surface area contributed by atoms with Crippen molar-refractivity contribution < 1.29 is 9.73 Å². The molecule has 0 saturated carbocycles. The molecule has 138 valence electrons. The predicted octanol–water partition coefficient (Wildman–Crippen LogP) is 1.46. The van der Waals surface area contributed by atoms with Crippen molar-refractivity contribution in [3.8, 4) is 5.75 Å². The van der Waals surface area contributed by atoms with E-state index < -0.39 is 0 Å². The van der Waals surface area contributed by atoms with Crippen molar-refractivity contribution in [3.63, 3.8) is 0 Å². The molecule has 0 unspecified atom stereocenters. The van der Waals surface area contributed by atoms with E-state index in [2.05, 4.69) is 25.6 Å². The normalized spacial score (nSPS) is 11.3. The van der Waals surface area contributed by atoms with Gasteiger partial charge in [-0.1, -0.05) is 12.1 Å². The van der Waals surface area contributed by atoms with Gasteiger partial charge in [-0.3, -0.25) is 5.32 Å². The maximum absolute atomic E-state index is 6.00. The smallest absolute Gasteiger partial charge is 0.312 e. The summed E-state index contributed by atoms with van der Waals surface area (Å²) in [5.41, 5.74) is 9.62. The fourth-order valence-electron chi connectivity index (χ4n) is 2.60. The molecule has 3 aromatic rings. The Morgan fingerprint density at radius 3 is 2.67 bits per heavy atom. The van der Waals surface area contributed by atoms with Gasteiger partial charge in [0.1, 0.15) is 5.75 Å². The number of nitrogens with two attached hydrogens (primary N) is 1. The summed E-state index contributed by atoms with van der Waals surface area (Å²) in [5.74, 6) is 1.37. The van der Waals surface area contributed by atoms with Crippen molar-refractivity contribution >= 4 is 45.8 Å². The SMILES string of the molecule is COc1ccc2nc(NC(N)=[NH+]C(=S)Nc3cccc(C)c3)nc(C)c2c1. The van der Waals surface area contributed by atoms with Crippen LogP contribution in [0.3, 0.4) is 0 Å². The van der Waals surface area contributed by atoms with Crippen LogP contribution in [-0.2, 0) is 0 Å². The Balaban J connectivity index is 1.75. The molecule has 0 amide bonds. The van der Waals surface area contributed by atoms with Gasteiger partial charge < -0.3 is 10.5 Å². The number of thiocarbonyl (C=S) groups is 1. The number of nitrogens with one attached hydrogen (secondary N) is 3. The number of hydrogen-bond donors (Lipinski definition) is 4. The quantitative estimate of drug-likeness (QED) is 0.310. The summed E-state index contributed by atoms with van der Waals surface area (Å²) < 4.78 is 5.25. The summed E-state index contributed by atoms with van der Waals surface area (Å²) in [6, 6.07) is 13.5. The molecule has 0 radical (unpaired) electrons. The minimum absolute atomic E-state index is 0.229. The van der Waals surface area contributed by atoms with Crippen LogP contribution >= 0.6 is 12.2 Å². The predicted molar refractivity (Wildman–Crippen MR) is 112 cm³/mol. The molecule has 8 heteroatoms. The second-order valence-corrected chi connectivity index (χ2v) is 6.41. The van der Waals surface area contributed by atoms with Gasteiger partial charge in [0.25, 0.3) is 11.1 Å². The second-order valence-electron chi connectivity index (χ2n) is 6.00. The molecule has 0 atom stereocenters. The molecule has 0 fully saturated rings. The molecule has 5 N–H and O–H groups in total. The highest BCUT2D eigenvalue weighted by molar-refractivity contribution is 7.80. The number of anilines is 2. The van der Waals surface area contributed by atoms with E-state index >= 15 is 0 Å². The van der Waals surface area contributed by atoms with Crippen LogP contribution in [0.25, 0.3) is 10.9 Å². The zero-order chi connectivity index (χ0) is 19.4. The van der Waals surface area contributed by atoms with E-state index in [1.165, 1.54) is 0 Å². The van der Waals surface area contributed by atoms with Crippen molar-refractivity contribution in [1.82, 2.24) is 9.97 Å². The molecule has 0 aliphatic carbocycles. The lowest BCUT2D eigenvalue weighted by Gasteiger charge is -2.07. The monoisotopic (exact) mass is 381 g/mol. The highest BCUT2D eigenvalue weighted by Crippen LogP contribution is 2.22. The number of methoxy groups -OCH3 is 1. The van der Waals surface area contributed by atoms with Crippen molar-refractivity contribution in [2.24, 2.45) is 5.73 Å². The standard InChI is InChI=1S/C19H20N6OS/c1-11-5-4-6-13(9-11)22-19(27)25-17(20)24-18-21-12(2)15-10-14(26-3)7-8-16(15)23-18/h4-10H,1-3H3,(H4,20,21,22,23,24,25,27)/p+1. The van der Waals surface area contributed by atoms with Crippen LogP contribution in [0.2, 0.25) is 0 Å². The van der Waals surface area contributed by atoms with E-state index in [4.69, 9.17) is 22.7 Å². The topological polar surface area (TPSA) is 99.1 Å². The Labute approximate surface area is 162 Å². The number of rotatable bonds is 3. The summed E-state index contributed by atoms with van der Waals surface area (Å²) >= 11 is 5.28. The molecular formula is C19H21N6OS+. The molecule has 0 aliphatic rings. The molecule has 1 aromatic heterocycles. The Kier molecular flexibility index (Phi) is 5.46. The van der Waals surface area contributed by atoms with Gasteiger partial charge in [-0.15, -0.1) is 0 Å². The van der Waals surface area contributed by atoms with E-state index in [0.717, 1.165) is 33.6 Å². The highest BCUT2D eigenvalue weighted by atomic mass is 32.1. The summed E-state index contributed by atoms with van der Waals surface area (Å²) in [5, 5.41) is 7.30. The average Bonchev–Trinajstić information content (AvgIpc) is 2.61. The third-order valence-corrected chi connectivity index (χ3v) is 4.07. The Morgan fingerprint density at radius 1 is 1.11 bits per heavy atom. The fourth-order valence-corrected chi connectivity index (χ4v) is 2.83. The van der Waals surface area contributed by atoms with Crippen molar-refractivity contribution in [1.29, 1.82) is 0 Å². The molecule has 0 bridgehead atoms. The van der Waals surface area contributed by atoms with Crippen LogP contribution in [0.15, 0.2) is 42.5 Å². The summed E-state index contributed by atoms with van der Waals surface area (Å²) in [4.78, 5) is 11.8. The van der Waals surface area contributed by atoms with Crippen LogP contribution in [0, 0.1) is 13.8 Å². The molecule has 27 heavy (non-hydrogen) atoms. The number of hydrogen-bond acceptors (Lipinski definition) is 4. The second kappa shape index (κ2) is 7.96. The van der Waals surface area contributed by atoms with Crippen LogP contribution in [0.5, 0.6) is 5.75 Å². The van der Waals surface area contributed by atoms with Crippen molar-refractivity contribution in [3.05, 3.63) is 53.7 Å². The number of ether oxygens (including phenoxy) is 1. The summed E-state index contributed by atoms with van der Waals surface area (Å²) in [6.45, 7) is 3.92. The Bertz CT molecular complexity index is 1030. The maximum Gasteiger partial charge on any atom is 0.312 e. The molecule has 7 nitrogen and oxygen atoms in total. The minimum Gasteiger partial charge on any atom is -0.497 e. The van der Waals surface area contributed by atoms with Crippen molar-refractivity contribution in [2.45, 2.75) is 13.8 Å². The van der Waals surface area contributed by atoms with E-state index in [0.29, 0.717) is 11.1 Å². The molecule has 1 heterocycles. The number of aromatic nitrogens is 2. The zero-order valence-corrected chi connectivity index (χ0v) is 16.1. The van der Waals surface area contributed by atoms with Gasteiger partial charge in [-0.2, -0.15) is 0 Å². The number of fused-ring (bicyclic) bond motifs is 1. The van der Waals surface area contributed by atoms with Gasteiger partial charge >= 0.3 is 5.96 Å². The van der Waals surface area contributed by atoms with Crippen LogP contribution in [0.1, 0.15) is 11.3 Å². The minimum atomic E-state index is 0.229. The molecule has 3 rings (SSSR count). The molecule has 0 aliphatic heterocycles. The Morgan fingerprint density at radius 2 is 1.93 bits per heavy atom. The number of aryl methyl sites for hydroxylation is 2. The number of benzene rings is 2. The first-order valence-electron chi connectivity index (χ1n) is 8.31. The van der Waals surface area contributed by atoms with Crippen LogP contribution in [-0.4, -0.2) is 28.1 Å². The summed E-state index contributed by atoms with van der Waals surface area (Å²) in [7, 11) is 1.63. The van der Waals surface area contributed by atoms with Gasteiger partial charge in [0.2, 0.25) is 0 Å². The fraction of sp³-hybridized carbons (Fsp3) is 0.158. The lowest BCUT2D eigenvalue weighted by Crippen LogP contribution is -2.82. The molecule has 0 spiro atoms. The Hall–Kier alpha value is -3.26. The van der Waals surface area contributed by atoms with Gasteiger partial charge in [0.15, 0.2) is 0 Å². The van der Waals surface area contributed by atoms with Crippen LogP contribution < -0.4 is 26.1 Å². The largest absolute Gasteiger partial charge is 0.497 e. The van der Waals surface area contributed by atoms with E-state index in [-0.39, 0.29) is 5.96 Å². The third kappa shape index (κ3) is 4.68. The molecular weight excluding hydrogens is 360 g/mol. The number of nitrogens with zero attached hydrogens (tertiary/aromatic N) is 2. The lowest BCUT2D eigenvalue weighted by molar-refractivity contribution is -0.311.